The van der Waals surface area contributed by atoms with Gasteiger partial charge in [0, 0.05) is 11.5 Å². The van der Waals surface area contributed by atoms with Crippen LogP contribution in [0.4, 0.5) is 17.6 Å². The van der Waals surface area contributed by atoms with Crippen LogP contribution in [-0.2, 0) is 4.74 Å². The van der Waals surface area contributed by atoms with Crippen molar-refractivity contribution in [2.45, 2.75) is 62.1 Å². The summed E-state index contributed by atoms with van der Waals surface area (Å²) in [4.78, 5) is 0. The summed E-state index contributed by atoms with van der Waals surface area (Å²) in [6.45, 7) is 1.19. The predicted molar refractivity (Wildman–Crippen MR) is 116 cm³/mol. The van der Waals surface area contributed by atoms with Crippen molar-refractivity contribution in [3.05, 3.63) is 59.4 Å². The molecule has 2 saturated heterocycles. The van der Waals surface area contributed by atoms with Gasteiger partial charge in [-0.3, -0.25) is 0 Å². The molecule has 33 heavy (non-hydrogen) atoms. The number of rotatable bonds is 5. The Kier molecular flexibility index (Phi) is 6.80. The highest BCUT2D eigenvalue weighted by atomic mass is 35.5. The quantitative estimate of drug-likeness (QED) is 0.521. The molecule has 0 aromatic heterocycles. The van der Waals surface area contributed by atoms with Crippen LogP contribution in [-0.4, -0.2) is 31.2 Å². The molecule has 2 aromatic carbocycles. The van der Waals surface area contributed by atoms with Crippen LogP contribution < -0.4 is 14.8 Å². The Hall–Kier alpha value is -2.03. The normalized spacial score (nSPS) is 27.3. The lowest BCUT2D eigenvalue weighted by Gasteiger charge is -2.41. The molecule has 1 aliphatic carbocycles. The summed E-state index contributed by atoms with van der Waals surface area (Å²) < 4.78 is 68.5. The summed E-state index contributed by atoms with van der Waals surface area (Å²) in [5, 5.41) is 3.51. The van der Waals surface area contributed by atoms with Gasteiger partial charge in [0.05, 0.1) is 24.4 Å². The maximum atomic E-state index is 13.5. The van der Waals surface area contributed by atoms with Crippen molar-refractivity contribution in [1.82, 2.24) is 5.32 Å². The third kappa shape index (κ3) is 5.39. The minimum Gasteiger partial charge on any atom is -0.490 e. The zero-order chi connectivity index (χ0) is 22.3. The number of hydrogen-bond donors (Lipinski definition) is 1. The molecule has 0 bridgehead atoms. The molecule has 3 fully saturated rings. The largest absolute Gasteiger partial charge is 0.573 e. The van der Waals surface area contributed by atoms with Gasteiger partial charge in [-0.1, -0.05) is 12.1 Å². The number of ether oxygens (including phenoxy) is 3. The lowest BCUT2D eigenvalue weighted by molar-refractivity contribution is -0.274. The maximum Gasteiger partial charge on any atom is 0.573 e. The zero-order valence-corrected chi connectivity index (χ0v) is 18.7. The summed E-state index contributed by atoms with van der Waals surface area (Å²) in [6.07, 6.45) is -0.390. The monoisotopic (exact) mass is 487 g/mol. The second-order valence-electron chi connectivity index (χ2n) is 8.88. The minimum atomic E-state index is -4.76. The van der Waals surface area contributed by atoms with E-state index in [4.69, 9.17) is 9.47 Å². The number of halogens is 5. The van der Waals surface area contributed by atoms with Crippen LogP contribution in [0.2, 0.25) is 0 Å². The van der Waals surface area contributed by atoms with E-state index in [9.17, 15) is 17.6 Å². The molecule has 1 saturated carbocycles. The Morgan fingerprint density at radius 3 is 2.52 bits per heavy atom. The molecule has 3 atom stereocenters. The molecule has 1 spiro atoms. The van der Waals surface area contributed by atoms with E-state index in [1.54, 1.807) is 18.2 Å². The summed E-state index contributed by atoms with van der Waals surface area (Å²) in [5.41, 5.74) is 1.10. The van der Waals surface area contributed by atoms with Gasteiger partial charge < -0.3 is 19.5 Å². The summed E-state index contributed by atoms with van der Waals surface area (Å²) in [7, 11) is 0. The Labute approximate surface area is 196 Å². The fourth-order valence-electron chi connectivity index (χ4n) is 4.93. The van der Waals surface area contributed by atoms with E-state index in [2.05, 4.69) is 10.1 Å². The molecule has 180 valence electrons. The van der Waals surface area contributed by atoms with Gasteiger partial charge in [-0.05, 0) is 74.5 Å². The minimum absolute atomic E-state index is 0. The Bertz CT molecular complexity index is 967. The first-order valence-electron chi connectivity index (χ1n) is 11.0. The topological polar surface area (TPSA) is 39.7 Å². The van der Waals surface area contributed by atoms with Gasteiger partial charge in [0.15, 0.2) is 0 Å². The molecule has 2 aromatic rings. The summed E-state index contributed by atoms with van der Waals surface area (Å²) >= 11 is 0. The van der Waals surface area contributed by atoms with Crippen molar-refractivity contribution in [2.24, 2.45) is 0 Å². The smallest absolute Gasteiger partial charge is 0.490 e. The lowest BCUT2D eigenvalue weighted by Crippen LogP contribution is -2.48. The molecule has 0 unspecified atom stereocenters. The van der Waals surface area contributed by atoms with E-state index in [1.165, 1.54) is 24.3 Å². The molecule has 9 heteroatoms. The second-order valence-corrected chi connectivity index (χ2v) is 8.88. The van der Waals surface area contributed by atoms with Crippen molar-refractivity contribution in [1.29, 1.82) is 0 Å². The molecule has 1 N–H and O–H groups in total. The van der Waals surface area contributed by atoms with Gasteiger partial charge in [-0.15, -0.1) is 25.6 Å². The first kappa shape index (κ1) is 24.1. The van der Waals surface area contributed by atoms with Crippen molar-refractivity contribution < 1.29 is 31.8 Å². The molecule has 2 heterocycles. The molecule has 0 radical (unpaired) electrons. The maximum absolute atomic E-state index is 13.5. The van der Waals surface area contributed by atoms with Gasteiger partial charge in [0.25, 0.3) is 0 Å². The highest BCUT2D eigenvalue weighted by Crippen LogP contribution is 2.50. The van der Waals surface area contributed by atoms with E-state index in [1.807, 2.05) is 0 Å². The third-order valence-corrected chi connectivity index (χ3v) is 6.49. The Morgan fingerprint density at radius 2 is 1.82 bits per heavy atom. The first-order valence-corrected chi connectivity index (χ1v) is 11.0. The lowest BCUT2D eigenvalue weighted by atomic mass is 9.77. The highest BCUT2D eigenvalue weighted by Gasteiger charge is 2.49. The van der Waals surface area contributed by atoms with Gasteiger partial charge in [0.1, 0.15) is 17.3 Å². The summed E-state index contributed by atoms with van der Waals surface area (Å²) in [5.74, 6) is -0.0984. The molecular formula is C24H26ClF4NO3. The molecule has 4 nitrogen and oxygen atoms in total. The number of alkyl halides is 3. The van der Waals surface area contributed by atoms with Crippen LogP contribution in [0, 0.1) is 5.82 Å². The zero-order valence-electron chi connectivity index (χ0n) is 17.9. The fourth-order valence-corrected chi connectivity index (χ4v) is 4.93. The highest BCUT2D eigenvalue weighted by molar-refractivity contribution is 5.85. The Morgan fingerprint density at radius 1 is 1.06 bits per heavy atom. The van der Waals surface area contributed by atoms with Crippen molar-refractivity contribution in [2.75, 3.05) is 13.2 Å². The molecular weight excluding hydrogens is 462 g/mol. The van der Waals surface area contributed by atoms with Crippen LogP contribution in [0.5, 0.6) is 11.5 Å². The van der Waals surface area contributed by atoms with Crippen molar-refractivity contribution in [3.8, 4) is 11.5 Å². The first-order chi connectivity index (χ1) is 15.3. The number of hydrogen-bond acceptors (Lipinski definition) is 4. The van der Waals surface area contributed by atoms with Crippen molar-refractivity contribution >= 4 is 12.4 Å². The average molecular weight is 488 g/mol. The van der Waals surface area contributed by atoms with E-state index in [0.717, 1.165) is 37.8 Å². The van der Waals surface area contributed by atoms with Crippen molar-refractivity contribution in [3.63, 3.8) is 0 Å². The predicted octanol–water partition coefficient (Wildman–Crippen LogP) is 6.05. The van der Waals surface area contributed by atoms with E-state index < -0.39 is 12.0 Å². The second kappa shape index (κ2) is 9.31. The molecule has 0 amide bonds. The Balaban J connectivity index is 0.00000259. The van der Waals surface area contributed by atoms with Crippen LogP contribution in [0.15, 0.2) is 42.5 Å². The third-order valence-electron chi connectivity index (χ3n) is 6.49. The van der Waals surface area contributed by atoms with Crippen LogP contribution in [0.3, 0.4) is 0 Å². The molecule has 5 rings (SSSR count). The van der Waals surface area contributed by atoms with Crippen LogP contribution in [0.25, 0.3) is 0 Å². The van der Waals surface area contributed by atoms with Crippen LogP contribution in [0.1, 0.15) is 55.2 Å². The van der Waals surface area contributed by atoms with Gasteiger partial charge in [0.2, 0.25) is 0 Å². The number of piperidine rings is 1. The molecule has 2 aliphatic heterocycles. The van der Waals surface area contributed by atoms with Gasteiger partial charge in [-0.25, -0.2) is 4.39 Å². The van der Waals surface area contributed by atoms with Gasteiger partial charge >= 0.3 is 6.36 Å². The summed E-state index contributed by atoms with van der Waals surface area (Å²) in [6, 6.07) is 10.6. The SMILES string of the molecule is Cl.Fc1ccc([C@@H]2NCCC[C@@]23C[C@H](c2cc(OC(F)(F)F)ccc2OC2CC2)CO3)cc1. The van der Waals surface area contributed by atoms with Gasteiger partial charge in [-0.2, -0.15) is 0 Å². The fraction of sp³-hybridized carbons (Fsp3) is 0.500. The molecule has 3 aliphatic rings. The standard InChI is InChI=1S/C24H25F4NO3.ClH/c25-17-4-2-15(3-5-17)22-23(10-1-11-29-22)13-16(14-30-23)20-12-19(32-24(26,27)28)8-9-21(20)31-18-6-7-18;/h2-5,8-9,12,16,18,22,29H,1,6-7,10-11,13-14H2;1H/t16-,22-,23+;/m0./s1. The van der Waals surface area contributed by atoms with E-state index >= 15 is 0 Å². The van der Waals surface area contributed by atoms with E-state index in [-0.39, 0.29) is 42.0 Å². The van der Waals surface area contributed by atoms with Crippen LogP contribution >= 0.6 is 12.4 Å². The average Bonchev–Trinajstić information content (AvgIpc) is 3.47. The number of nitrogens with one attached hydrogen (secondary N) is 1. The number of benzene rings is 2. The van der Waals surface area contributed by atoms with E-state index in [0.29, 0.717) is 24.3 Å².